The van der Waals surface area contributed by atoms with E-state index < -0.39 is 0 Å². The molecule has 1 aromatic heterocycles. The van der Waals surface area contributed by atoms with Crippen molar-refractivity contribution >= 4 is 80.9 Å². The van der Waals surface area contributed by atoms with E-state index in [1.165, 1.54) is 74.7 Å². The molecular weight excluding hydrogens is 623 g/mol. The Kier molecular flexibility index (Phi) is 6.75. The van der Waals surface area contributed by atoms with Crippen molar-refractivity contribution in [3.8, 4) is 22.3 Å². The molecule has 0 aliphatic carbocycles. The predicted octanol–water partition coefficient (Wildman–Crippen LogP) is 14.3. The predicted molar refractivity (Wildman–Crippen MR) is 217 cm³/mol. The summed E-state index contributed by atoms with van der Waals surface area (Å²) in [4.78, 5) is 2.42. The molecule has 0 amide bonds. The number of anilines is 3. The van der Waals surface area contributed by atoms with Gasteiger partial charge in [-0.15, -0.1) is 11.3 Å². The van der Waals surface area contributed by atoms with Crippen molar-refractivity contribution in [3.05, 3.63) is 188 Å². The summed E-state index contributed by atoms with van der Waals surface area (Å²) in [6.07, 6.45) is 0. The minimum Gasteiger partial charge on any atom is -0.310 e. The molecule has 1 heterocycles. The Morgan fingerprint density at radius 1 is 0.300 bits per heavy atom. The van der Waals surface area contributed by atoms with Crippen LogP contribution in [0, 0.1) is 0 Å². The van der Waals surface area contributed by atoms with E-state index in [9.17, 15) is 0 Å². The molecule has 0 saturated heterocycles. The lowest BCUT2D eigenvalue weighted by molar-refractivity contribution is 1.29. The maximum absolute atomic E-state index is 2.42. The third-order valence-corrected chi connectivity index (χ3v) is 11.1. The zero-order valence-corrected chi connectivity index (χ0v) is 28.1. The monoisotopic (exact) mass is 653 g/mol. The maximum Gasteiger partial charge on any atom is 0.0468 e. The van der Waals surface area contributed by atoms with Gasteiger partial charge in [0.1, 0.15) is 0 Å². The molecule has 10 aromatic rings. The van der Waals surface area contributed by atoms with E-state index in [2.05, 4.69) is 193 Å². The first-order chi connectivity index (χ1) is 24.8. The highest BCUT2D eigenvalue weighted by Crippen LogP contribution is 2.43. The van der Waals surface area contributed by atoms with E-state index in [4.69, 9.17) is 0 Å². The van der Waals surface area contributed by atoms with Crippen molar-refractivity contribution in [2.75, 3.05) is 4.90 Å². The van der Waals surface area contributed by atoms with Crippen molar-refractivity contribution < 1.29 is 0 Å². The Balaban J connectivity index is 1.18. The molecule has 0 spiro atoms. The van der Waals surface area contributed by atoms with Gasteiger partial charge in [-0.25, -0.2) is 0 Å². The first-order valence-electron chi connectivity index (χ1n) is 17.1. The van der Waals surface area contributed by atoms with Gasteiger partial charge < -0.3 is 4.90 Å². The fourth-order valence-corrected chi connectivity index (χ4v) is 8.69. The van der Waals surface area contributed by atoms with Crippen LogP contribution < -0.4 is 4.90 Å². The summed E-state index contributed by atoms with van der Waals surface area (Å²) < 4.78 is 2.62. The molecule has 0 radical (unpaired) electrons. The molecule has 234 valence electrons. The van der Waals surface area contributed by atoms with Gasteiger partial charge in [-0.05, 0) is 115 Å². The van der Waals surface area contributed by atoms with Crippen LogP contribution in [0.5, 0.6) is 0 Å². The zero-order valence-electron chi connectivity index (χ0n) is 27.3. The van der Waals surface area contributed by atoms with Crippen molar-refractivity contribution in [1.29, 1.82) is 0 Å². The molecule has 0 bridgehead atoms. The minimum atomic E-state index is 1.12. The fraction of sp³-hybridized carbons (Fsp3) is 0. The number of hydrogen-bond donors (Lipinski definition) is 0. The second-order valence-corrected chi connectivity index (χ2v) is 14.1. The van der Waals surface area contributed by atoms with Gasteiger partial charge in [-0.2, -0.15) is 0 Å². The zero-order chi connectivity index (χ0) is 33.0. The van der Waals surface area contributed by atoms with Gasteiger partial charge in [-0.3, -0.25) is 0 Å². The van der Waals surface area contributed by atoms with Gasteiger partial charge in [-0.1, -0.05) is 127 Å². The van der Waals surface area contributed by atoms with Gasteiger partial charge in [0.15, 0.2) is 0 Å². The first kappa shape index (κ1) is 28.8. The highest BCUT2D eigenvalue weighted by atomic mass is 32.1. The number of fused-ring (bicyclic) bond motifs is 7. The molecule has 0 atom stereocenters. The second-order valence-electron chi connectivity index (χ2n) is 13.0. The highest BCUT2D eigenvalue weighted by Gasteiger charge is 2.17. The molecule has 0 aliphatic heterocycles. The lowest BCUT2D eigenvalue weighted by atomic mass is 9.93. The summed E-state index contributed by atoms with van der Waals surface area (Å²) >= 11 is 1.86. The molecule has 50 heavy (non-hydrogen) atoms. The molecule has 1 nitrogen and oxygen atoms in total. The average Bonchev–Trinajstić information content (AvgIpc) is 3.56. The Labute approximate surface area is 294 Å². The summed E-state index contributed by atoms with van der Waals surface area (Å²) in [7, 11) is 0. The molecule has 0 aliphatic rings. The Morgan fingerprint density at radius 3 is 1.74 bits per heavy atom. The third kappa shape index (κ3) is 4.84. The van der Waals surface area contributed by atoms with Crippen LogP contribution >= 0.6 is 11.3 Å². The largest absolute Gasteiger partial charge is 0.310 e. The number of nitrogens with zero attached hydrogens (tertiary/aromatic N) is 1. The maximum atomic E-state index is 2.42. The third-order valence-electron chi connectivity index (χ3n) is 9.99. The van der Waals surface area contributed by atoms with Crippen LogP contribution in [0.1, 0.15) is 0 Å². The SMILES string of the molecule is c1cc(-c2ccc3ccccc3c2)cc(N(c2cccc(-c3cc4ccccc4c4ccccc34)c2)c2ccc3sc4ccccc4c3c2)c1. The van der Waals surface area contributed by atoms with Gasteiger partial charge in [0.25, 0.3) is 0 Å². The molecule has 0 N–H and O–H groups in total. The highest BCUT2D eigenvalue weighted by molar-refractivity contribution is 7.25. The number of thiophene rings is 1. The Morgan fingerprint density at radius 2 is 0.900 bits per heavy atom. The second kappa shape index (κ2) is 11.7. The van der Waals surface area contributed by atoms with Crippen molar-refractivity contribution in [1.82, 2.24) is 0 Å². The van der Waals surface area contributed by atoms with E-state index in [0.717, 1.165) is 17.1 Å². The Hall–Kier alpha value is -6.22. The summed E-state index contributed by atoms with van der Waals surface area (Å²) in [5.41, 5.74) is 8.22. The summed E-state index contributed by atoms with van der Waals surface area (Å²) in [5, 5.41) is 10.2. The van der Waals surface area contributed by atoms with Crippen LogP contribution in [0.2, 0.25) is 0 Å². The molecular formula is C48H31NS. The smallest absolute Gasteiger partial charge is 0.0468 e. The van der Waals surface area contributed by atoms with Crippen LogP contribution in [0.25, 0.3) is 74.7 Å². The van der Waals surface area contributed by atoms with Gasteiger partial charge in [0.2, 0.25) is 0 Å². The number of benzene rings is 9. The van der Waals surface area contributed by atoms with E-state index in [1.54, 1.807) is 0 Å². The standard InChI is InChI=1S/C48H31NS/c1-2-12-33-27-35(24-23-32(33)11-1)34-14-9-16-38(28-34)49(40-25-26-48-46(31-40)44-21-7-8-22-47(44)50-48)39-17-10-15-36(29-39)45-30-37-13-3-4-18-41(37)42-19-5-6-20-43(42)45/h1-31H. The van der Waals surface area contributed by atoms with Gasteiger partial charge in [0.05, 0.1) is 0 Å². The molecule has 9 aromatic carbocycles. The van der Waals surface area contributed by atoms with Crippen LogP contribution in [-0.4, -0.2) is 0 Å². The van der Waals surface area contributed by atoms with Crippen molar-refractivity contribution in [2.45, 2.75) is 0 Å². The average molecular weight is 654 g/mol. The molecule has 0 fully saturated rings. The Bertz CT molecular complexity index is 2900. The van der Waals surface area contributed by atoms with Crippen LogP contribution in [0.4, 0.5) is 17.1 Å². The summed E-state index contributed by atoms with van der Waals surface area (Å²) in [6, 6.07) is 68.9. The fourth-order valence-electron chi connectivity index (χ4n) is 7.60. The normalized spacial score (nSPS) is 11.6. The molecule has 2 heteroatoms. The first-order valence-corrected chi connectivity index (χ1v) is 17.9. The van der Waals surface area contributed by atoms with E-state index in [1.807, 2.05) is 11.3 Å². The number of hydrogen-bond acceptors (Lipinski definition) is 2. The van der Waals surface area contributed by atoms with Crippen LogP contribution in [0.3, 0.4) is 0 Å². The molecule has 10 rings (SSSR count). The minimum absolute atomic E-state index is 1.12. The van der Waals surface area contributed by atoms with Crippen molar-refractivity contribution in [2.24, 2.45) is 0 Å². The van der Waals surface area contributed by atoms with E-state index in [-0.39, 0.29) is 0 Å². The van der Waals surface area contributed by atoms with Crippen LogP contribution in [0.15, 0.2) is 188 Å². The number of rotatable bonds is 5. The van der Waals surface area contributed by atoms with Gasteiger partial charge >= 0.3 is 0 Å². The quantitative estimate of drug-likeness (QED) is 0.167. The topological polar surface area (TPSA) is 3.24 Å². The van der Waals surface area contributed by atoms with Crippen molar-refractivity contribution in [3.63, 3.8) is 0 Å². The lowest BCUT2D eigenvalue weighted by Gasteiger charge is -2.27. The van der Waals surface area contributed by atoms with E-state index >= 15 is 0 Å². The summed E-state index contributed by atoms with van der Waals surface area (Å²) in [6.45, 7) is 0. The summed E-state index contributed by atoms with van der Waals surface area (Å²) in [5.74, 6) is 0. The molecule has 0 unspecified atom stereocenters. The molecule has 0 saturated carbocycles. The van der Waals surface area contributed by atoms with Gasteiger partial charge in [0, 0.05) is 37.2 Å². The van der Waals surface area contributed by atoms with E-state index in [0.29, 0.717) is 0 Å². The van der Waals surface area contributed by atoms with Crippen LogP contribution in [-0.2, 0) is 0 Å². The lowest BCUT2D eigenvalue weighted by Crippen LogP contribution is -2.10.